The number of thioether (sulfide) groups is 1. The van der Waals surface area contributed by atoms with Crippen molar-refractivity contribution >= 4 is 40.1 Å². The predicted molar refractivity (Wildman–Crippen MR) is 146 cm³/mol. The minimum absolute atomic E-state index is 0.0577. The summed E-state index contributed by atoms with van der Waals surface area (Å²) in [4.78, 5) is 29.9. The van der Waals surface area contributed by atoms with Gasteiger partial charge < -0.3 is 5.32 Å². The zero-order chi connectivity index (χ0) is 25.2. The lowest BCUT2D eigenvalue weighted by Gasteiger charge is -2.23. The van der Waals surface area contributed by atoms with Crippen molar-refractivity contribution in [2.24, 2.45) is 10.1 Å². The van der Waals surface area contributed by atoms with Gasteiger partial charge >= 0.3 is 0 Å². The summed E-state index contributed by atoms with van der Waals surface area (Å²) in [5.74, 6) is -0.495. The molecule has 0 saturated heterocycles. The fourth-order valence-electron chi connectivity index (χ4n) is 4.47. The Kier molecular flexibility index (Phi) is 6.74. The molecule has 6 nitrogen and oxygen atoms in total. The molecule has 3 aromatic rings. The lowest BCUT2D eigenvalue weighted by molar-refractivity contribution is -0.121. The second kappa shape index (κ2) is 10.1. The van der Waals surface area contributed by atoms with Crippen molar-refractivity contribution in [2.45, 2.75) is 44.9 Å². The second-order valence-corrected chi connectivity index (χ2v) is 10.5. The molecule has 0 unspecified atom stereocenters. The molecule has 2 atom stereocenters. The smallest absolute Gasteiger partial charge is 0.262 e. The van der Waals surface area contributed by atoms with Gasteiger partial charge in [-0.15, -0.1) is 0 Å². The topological polar surface area (TPSA) is 74.1 Å². The van der Waals surface area contributed by atoms with Gasteiger partial charge in [0.25, 0.3) is 5.91 Å². The molecule has 0 aromatic heterocycles. The summed E-state index contributed by atoms with van der Waals surface area (Å²) in [7, 11) is 0. The molecule has 3 aromatic carbocycles. The van der Waals surface area contributed by atoms with Crippen LogP contribution in [0.2, 0.25) is 0 Å². The molecule has 0 saturated carbocycles. The highest BCUT2D eigenvalue weighted by molar-refractivity contribution is 8.15. The minimum Gasteiger partial charge on any atom is -0.326 e. The number of carbonyl (C=O) groups is 2. The van der Waals surface area contributed by atoms with E-state index in [2.05, 4.69) is 53.6 Å². The van der Waals surface area contributed by atoms with E-state index in [1.807, 2.05) is 55.3 Å². The van der Waals surface area contributed by atoms with E-state index in [-0.39, 0.29) is 24.3 Å². The first kappa shape index (κ1) is 24.0. The van der Waals surface area contributed by atoms with Gasteiger partial charge in [-0.2, -0.15) is 10.1 Å². The van der Waals surface area contributed by atoms with E-state index in [4.69, 9.17) is 5.10 Å². The van der Waals surface area contributed by atoms with Gasteiger partial charge in [0.05, 0.1) is 11.8 Å². The summed E-state index contributed by atoms with van der Waals surface area (Å²) in [5, 5.41) is 9.68. The Morgan fingerprint density at radius 1 is 1.00 bits per heavy atom. The highest BCUT2D eigenvalue weighted by Gasteiger charge is 2.39. The fraction of sp³-hybridized carbons (Fsp3) is 0.241. The molecule has 182 valence electrons. The van der Waals surface area contributed by atoms with E-state index in [1.165, 1.54) is 17.3 Å². The van der Waals surface area contributed by atoms with Crippen molar-refractivity contribution in [1.82, 2.24) is 5.01 Å². The molecule has 0 spiro atoms. The number of carbonyl (C=O) groups excluding carboxylic acids is 2. The fourth-order valence-corrected chi connectivity index (χ4v) is 5.53. The maximum absolute atomic E-state index is 12.8. The van der Waals surface area contributed by atoms with Crippen molar-refractivity contribution in [1.29, 1.82) is 0 Å². The van der Waals surface area contributed by atoms with Gasteiger partial charge in [0, 0.05) is 18.5 Å². The monoisotopic (exact) mass is 496 g/mol. The van der Waals surface area contributed by atoms with Crippen LogP contribution in [-0.2, 0) is 9.59 Å². The first-order chi connectivity index (χ1) is 17.4. The Bertz CT molecular complexity index is 1370. The Morgan fingerprint density at radius 2 is 1.72 bits per heavy atom. The third-order valence-electron chi connectivity index (χ3n) is 6.43. The summed E-state index contributed by atoms with van der Waals surface area (Å²) < 4.78 is 0. The second-order valence-electron chi connectivity index (χ2n) is 9.30. The predicted octanol–water partition coefficient (Wildman–Crippen LogP) is 5.79. The van der Waals surface area contributed by atoms with E-state index in [0.29, 0.717) is 11.6 Å². The summed E-state index contributed by atoms with van der Waals surface area (Å²) >= 11 is 1.32. The Balaban J connectivity index is 1.34. The van der Waals surface area contributed by atoms with Crippen molar-refractivity contribution in [3.63, 3.8) is 0 Å². The summed E-state index contributed by atoms with van der Waals surface area (Å²) in [5.41, 5.74) is 7.20. The molecule has 7 heteroatoms. The van der Waals surface area contributed by atoms with Crippen molar-refractivity contribution in [2.75, 3.05) is 5.32 Å². The molecule has 0 bridgehead atoms. The Morgan fingerprint density at radius 3 is 2.44 bits per heavy atom. The van der Waals surface area contributed by atoms with Crippen LogP contribution in [0.25, 0.3) is 0 Å². The number of hydrogen-bond acceptors (Lipinski definition) is 5. The first-order valence-corrected chi connectivity index (χ1v) is 12.9. The average Bonchev–Trinajstić information content (AvgIpc) is 3.46. The molecule has 2 heterocycles. The van der Waals surface area contributed by atoms with E-state index in [1.54, 1.807) is 0 Å². The third kappa shape index (κ3) is 5.11. The normalized spacial score (nSPS) is 19.3. The number of nitrogens with zero attached hydrogens (tertiary/aromatic N) is 3. The van der Waals surface area contributed by atoms with Crippen LogP contribution >= 0.6 is 11.8 Å². The molecular weight excluding hydrogens is 468 g/mol. The van der Waals surface area contributed by atoms with Crippen LogP contribution in [0.4, 0.5) is 5.69 Å². The maximum Gasteiger partial charge on any atom is 0.262 e. The highest BCUT2D eigenvalue weighted by atomic mass is 32.2. The lowest BCUT2D eigenvalue weighted by atomic mass is 9.98. The SMILES string of the molecule is Cc1ccc(C2=NN(C3=NC(=O)[C@H](CC(=O)Nc4ccc(C)cc4C)S3)[C@@H](c3ccccc3)C2)cc1. The Hall–Kier alpha value is -3.71. The van der Waals surface area contributed by atoms with Gasteiger partial charge in [0.1, 0.15) is 5.25 Å². The van der Waals surface area contributed by atoms with E-state index >= 15 is 0 Å². The quantitative estimate of drug-likeness (QED) is 0.485. The number of aliphatic imine (C=N–C) groups is 1. The molecule has 5 rings (SSSR count). The van der Waals surface area contributed by atoms with Crippen LogP contribution in [0, 0.1) is 20.8 Å². The van der Waals surface area contributed by atoms with Crippen LogP contribution in [0.3, 0.4) is 0 Å². The van der Waals surface area contributed by atoms with Crippen LogP contribution < -0.4 is 5.32 Å². The third-order valence-corrected chi connectivity index (χ3v) is 7.57. The molecule has 0 radical (unpaired) electrons. The van der Waals surface area contributed by atoms with Crippen molar-refractivity contribution in [3.8, 4) is 0 Å². The number of rotatable bonds is 5. The first-order valence-electron chi connectivity index (χ1n) is 12.0. The van der Waals surface area contributed by atoms with Gasteiger partial charge in [-0.25, -0.2) is 5.01 Å². The Labute approximate surface area is 215 Å². The minimum atomic E-state index is -0.569. The van der Waals surface area contributed by atoms with E-state index in [9.17, 15) is 9.59 Å². The number of hydrazone groups is 1. The maximum atomic E-state index is 12.8. The molecule has 2 aliphatic heterocycles. The van der Waals surface area contributed by atoms with Crippen LogP contribution in [0.5, 0.6) is 0 Å². The molecular formula is C29H28N4O2S. The summed E-state index contributed by atoms with van der Waals surface area (Å²) in [6.45, 7) is 6.03. The lowest BCUT2D eigenvalue weighted by Crippen LogP contribution is -2.25. The standard InChI is InChI=1S/C29H28N4O2S/c1-18-9-12-21(13-10-18)24-16-25(22-7-5-4-6-8-22)33(32-24)29-31-28(35)26(36-29)17-27(34)30-23-14-11-19(2)15-20(23)3/h4-15,25-26H,16-17H2,1-3H3,(H,30,34)/t25-,26+/m1/s1. The molecule has 0 aliphatic carbocycles. The van der Waals surface area contributed by atoms with Crippen LogP contribution in [-0.4, -0.2) is 33.0 Å². The van der Waals surface area contributed by atoms with Crippen LogP contribution in [0.15, 0.2) is 82.9 Å². The number of nitrogens with one attached hydrogen (secondary N) is 1. The number of amidine groups is 1. The van der Waals surface area contributed by atoms with Gasteiger partial charge in [0.2, 0.25) is 5.91 Å². The average molecular weight is 497 g/mol. The van der Waals surface area contributed by atoms with Gasteiger partial charge in [0.15, 0.2) is 5.17 Å². The van der Waals surface area contributed by atoms with Gasteiger partial charge in [-0.05, 0) is 43.5 Å². The largest absolute Gasteiger partial charge is 0.326 e. The van der Waals surface area contributed by atoms with Crippen LogP contribution in [0.1, 0.15) is 46.7 Å². The number of aryl methyl sites for hydroxylation is 3. The number of anilines is 1. The van der Waals surface area contributed by atoms with Crippen molar-refractivity contribution in [3.05, 3.63) is 101 Å². The molecule has 1 N–H and O–H groups in total. The number of benzene rings is 3. The molecule has 36 heavy (non-hydrogen) atoms. The highest BCUT2D eigenvalue weighted by Crippen LogP contribution is 2.38. The van der Waals surface area contributed by atoms with E-state index in [0.717, 1.165) is 33.7 Å². The number of hydrogen-bond donors (Lipinski definition) is 1. The summed E-state index contributed by atoms with van der Waals surface area (Å²) in [6, 6.07) is 24.3. The zero-order valence-corrected chi connectivity index (χ0v) is 21.4. The zero-order valence-electron chi connectivity index (χ0n) is 20.6. The van der Waals surface area contributed by atoms with E-state index < -0.39 is 5.25 Å². The van der Waals surface area contributed by atoms with Gasteiger partial charge in [-0.1, -0.05) is 89.6 Å². The molecule has 2 amide bonds. The molecule has 2 aliphatic rings. The van der Waals surface area contributed by atoms with Gasteiger partial charge in [-0.3, -0.25) is 9.59 Å². The summed E-state index contributed by atoms with van der Waals surface area (Å²) in [6.07, 6.45) is 0.765. The number of amides is 2. The molecule has 0 fully saturated rings. The van der Waals surface area contributed by atoms with Crippen molar-refractivity contribution < 1.29 is 9.59 Å².